The summed E-state index contributed by atoms with van der Waals surface area (Å²) in [5, 5.41) is 0. The van der Waals surface area contributed by atoms with Crippen LogP contribution >= 0.6 is 0 Å². The number of esters is 2. The average Bonchev–Trinajstić information content (AvgIpc) is 2.46. The number of hydrogen-bond acceptors (Lipinski definition) is 4. The molecule has 1 atom stereocenters. The van der Waals surface area contributed by atoms with Crippen LogP contribution in [0.5, 0.6) is 0 Å². The smallest absolute Gasteiger partial charge is 0.306 e. The van der Waals surface area contributed by atoms with E-state index in [1.54, 1.807) is 0 Å². The second kappa shape index (κ2) is 14.3. The van der Waals surface area contributed by atoms with E-state index in [9.17, 15) is 9.59 Å². The minimum Gasteiger partial charge on any atom is -0.463 e. The summed E-state index contributed by atoms with van der Waals surface area (Å²) >= 11 is 0. The second-order valence-electron chi connectivity index (χ2n) is 7.38. The minimum absolute atomic E-state index is 0.00767. The SMILES string of the molecule is CC(CCCCCCCCC(=O)OC(C)C)CCC(=O)OC(C)C. The molecule has 0 saturated heterocycles. The standard InChI is InChI=1S/C20H38O4/c1-16(2)23-19(21)13-11-9-7-6-8-10-12-18(5)14-15-20(22)24-17(3)4/h16-18H,6-15H2,1-5H3. The lowest BCUT2D eigenvalue weighted by Gasteiger charge is -2.12. The fourth-order valence-electron chi connectivity index (χ4n) is 2.62. The summed E-state index contributed by atoms with van der Waals surface area (Å²) in [6.07, 6.45) is 10.0. The zero-order valence-corrected chi connectivity index (χ0v) is 16.4. The molecule has 0 rings (SSSR count). The highest BCUT2D eigenvalue weighted by Crippen LogP contribution is 2.17. The topological polar surface area (TPSA) is 52.6 Å². The van der Waals surface area contributed by atoms with E-state index in [0.29, 0.717) is 18.8 Å². The molecule has 24 heavy (non-hydrogen) atoms. The maximum Gasteiger partial charge on any atom is 0.306 e. The normalized spacial score (nSPS) is 12.5. The minimum atomic E-state index is -0.0761. The molecule has 0 aliphatic carbocycles. The van der Waals surface area contributed by atoms with Crippen molar-refractivity contribution in [1.29, 1.82) is 0 Å². The molecule has 0 heterocycles. The van der Waals surface area contributed by atoms with Gasteiger partial charge in [0.2, 0.25) is 0 Å². The highest BCUT2D eigenvalue weighted by molar-refractivity contribution is 5.69. The number of carbonyl (C=O) groups excluding carboxylic acids is 2. The molecule has 0 fully saturated rings. The van der Waals surface area contributed by atoms with Gasteiger partial charge in [-0.15, -0.1) is 0 Å². The van der Waals surface area contributed by atoms with Crippen LogP contribution in [0.25, 0.3) is 0 Å². The molecule has 0 aromatic heterocycles. The van der Waals surface area contributed by atoms with Crippen molar-refractivity contribution < 1.29 is 19.1 Å². The molecule has 0 aromatic rings. The highest BCUT2D eigenvalue weighted by Gasteiger charge is 2.09. The fourth-order valence-corrected chi connectivity index (χ4v) is 2.62. The average molecular weight is 343 g/mol. The molecular weight excluding hydrogens is 304 g/mol. The molecule has 0 aliphatic heterocycles. The van der Waals surface area contributed by atoms with E-state index in [1.165, 1.54) is 32.1 Å². The molecule has 4 heteroatoms. The predicted octanol–water partition coefficient (Wildman–Crippen LogP) is 5.43. The quantitative estimate of drug-likeness (QED) is 0.312. The first kappa shape index (κ1) is 22.9. The zero-order chi connectivity index (χ0) is 18.4. The van der Waals surface area contributed by atoms with Crippen molar-refractivity contribution in [2.45, 2.75) is 111 Å². The van der Waals surface area contributed by atoms with Gasteiger partial charge in [0.15, 0.2) is 0 Å². The van der Waals surface area contributed by atoms with E-state index in [4.69, 9.17) is 9.47 Å². The Morgan fingerprint density at radius 3 is 1.62 bits per heavy atom. The van der Waals surface area contributed by atoms with Crippen molar-refractivity contribution >= 4 is 11.9 Å². The highest BCUT2D eigenvalue weighted by atomic mass is 16.5. The second-order valence-corrected chi connectivity index (χ2v) is 7.38. The van der Waals surface area contributed by atoms with Crippen LogP contribution in [0.3, 0.4) is 0 Å². The van der Waals surface area contributed by atoms with Crippen LogP contribution in [0.4, 0.5) is 0 Å². The van der Waals surface area contributed by atoms with Crippen molar-refractivity contribution in [3.63, 3.8) is 0 Å². The van der Waals surface area contributed by atoms with E-state index in [0.717, 1.165) is 19.3 Å². The van der Waals surface area contributed by atoms with Gasteiger partial charge in [-0.1, -0.05) is 45.4 Å². The van der Waals surface area contributed by atoms with Gasteiger partial charge in [-0.2, -0.15) is 0 Å². The number of rotatable bonds is 14. The van der Waals surface area contributed by atoms with E-state index < -0.39 is 0 Å². The number of hydrogen-bond donors (Lipinski definition) is 0. The van der Waals surface area contributed by atoms with E-state index >= 15 is 0 Å². The maximum absolute atomic E-state index is 11.5. The number of ether oxygens (including phenoxy) is 2. The van der Waals surface area contributed by atoms with Crippen LogP contribution in [0.15, 0.2) is 0 Å². The lowest BCUT2D eigenvalue weighted by Crippen LogP contribution is -2.12. The van der Waals surface area contributed by atoms with Crippen LogP contribution in [-0.2, 0) is 19.1 Å². The van der Waals surface area contributed by atoms with Crippen LogP contribution in [0, 0.1) is 5.92 Å². The Bertz CT molecular complexity index is 337. The van der Waals surface area contributed by atoms with Crippen LogP contribution in [0.2, 0.25) is 0 Å². The first-order valence-electron chi connectivity index (χ1n) is 9.70. The van der Waals surface area contributed by atoms with Crippen molar-refractivity contribution in [3.8, 4) is 0 Å². The van der Waals surface area contributed by atoms with Crippen LogP contribution < -0.4 is 0 Å². The molecule has 0 radical (unpaired) electrons. The van der Waals surface area contributed by atoms with Gasteiger partial charge in [0.25, 0.3) is 0 Å². The summed E-state index contributed by atoms with van der Waals surface area (Å²) < 4.78 is 10.3. The van der Waals surface area contributed by atoms with E-state index in [2.05, 4.69) is 6.92 Å². The van der Waals surface area contributed by atoms with E-state index in [1.807, 2.05) is 27.7 Å². The third kappa shape index (κ3) is 15.8. The molecule has 0 amide bonds. The summed E-state index contributed by atoms with van der Waals surface area (Å²) in [6, 6.07) is 0. The Morgan fingerprint density at radius 1 is 0.625 bits per heavy atom. The lowest BCUT2D eigenvalue weighted by molar-refractivity contribution is -0.148. The fraction of sp³-hybridized carbons (Fsp3) is 0.900. The molecule has 0 N–H and O–H groups in total. The molecule has 0 aromatic carbocycles. The van der Waals surface area contributed by atoms with Gasteiger partial charge in [0.05, 0.1) is 12.2 Å². The molecule has 142 valence electrons. The van der Waals surface area contributed by atoms with Gasteiger partial charge in [0, 0.05) is 12.8 Å². The van der Waals surface area contributed by atoms with Crippen LogP contribution in [0.1, 0.15) is 98.8 Å². The Morgan fingerprint density at radius 2 is 1.08 bits per heavy atom. The third-order valence-corrected chi connectivity index (χ3v) is 3.90. The largest absolute Gasteiger partial charge is 0.463 e. The van der Waals surface area contributed by atoms with Crippen molar-refractivity contribution in [2.24, 2.45) is 5.92 Å². The Kier molecular flexibility index (Phi) is 13.7. The van der Waals surface area contributed by atoms with Gasteiger partial charge in [-0.3, -0.25) is 9.59 Å². The molecule has 0 spiro atoms. The predicted molar refractivity (Wildman–Crippen MR) is 97.8 cm³/mol. The van der Waals surface area contributed by atoms with Crippen molar-refractivity contribution in [2.75, 3.05) is 0 Å². The molecule has 1 unspecified atom stereocenters. The summed E-state index contributed by atoms with van der Waals surface area (Å²) in [5.74, 6) is 0.429. The van der Waals surface area contributed by atoms with Gasteiger partial charge < -0.3 is 9.47 Å². The zero-order valence-electron chi connectivity index (χ0n) is 16.4. The Labute approximate surface area is 148 Å². The van der Waals surface area contributed by atoms with Crippen molar-refractivity contribution in [3.05, 3.63) is 0 Å². The van der Waals surface area contributed by atoms with Crippen molar-refractivity contribution in [1.82, 2.24) is 0 Å². The molecule has 0 aliphatic rings. The number of carbonyl (C=O) groups is 2. The van der Waals surface area contributed by atoms with Gasteiger partial charge in [0.1, 0.15) is 0 Å². The summed E-state index contributed by atoms with van der Waals surface area (Å²) in [5.41, 5.74) is 0. The molecule has 0 bridgehead atoms. The molecule has 0 saturated carbocycles. The van der Waals surface area contributed by atoms with Crippen LogP contribution in [-0.4, -0.2) is 24.1 Å². The lowest BCUT2D eigenvalue weighted by atomic mass is 9.97. The third-order valence-electron chi connectivity index (χ3n) is 3.90. The molecule has 4 nitrogen and oxygen atoms in total. The number of unbranched alkanes of at least 4 members (excludes halogenated alkanes) is 5. The summed E-state index contributed by atoms with van der Waals surface area (Å²) in [7, 11) is 0. The first-order chi connectivity index (χ1) is 11.3. The first-order valence-corrected chi connectivity index (χ1v) is 9.70. The van der Waals surface area contributed by atoms with Gasteiger partial charge in [-0.25, -0.2) is 0 Å². The maximum atomic E-state index is 11.5. The monoisotopic (exact) mass is 342 g/mol. The van der Waals surface area contributed by atoms with Gasteiger partial charge >= 0.3 is 11.9 Å². The Balaban J connectivity index is 3.40. The summed E-state index contributed by atoms with van der Waals surface area (Å²) in [4.78, 5) is 22.9. The summed E-state index contributed by atoms with van der Waals surface area (Å²) in [6.45, 7) is 9.74. The Hall–Kier alpha value is -1.06. The van der Waals surface area contributed by atoms with Gasteiger partial charge in [-0.05, 0) is 46.5 Å². The molecular formula is C20H38O4. The van der Waals surface area contributed by atoms with E-state index in [-0.39, 0.29) is 24.1 Å².